The van der Waals surface area contributed by atoms with Crippen molar-refractivity contribution in [3.63, 3.8) is 0 Å². The van der Waals surface area contributed by atoms with Crippen LogP contribution in [0.25, 0.3) is 32.9 Å². The highest BCUT2D eigenvalue weighted by Gasteiger charge is 2.11. The van der Waals surface area contributed by atoms with E-state index in [1.807, 2.05) is 49.4 Å². The molecule has 3 aromatic carbocycles. The molecule has 0 aliphatic carbocycles. The second kappa shape index (κ2) is 4.71. The van der Waals surface area contributed by atoms with E-state index in [1.54, 1.807) is 0 Å². The zero-order chi connectivity index (χ0) is 15.1. The van der Waals surface area contributed by atoms with Gasteiger partial charge < -0.3 is 4.98 Å². The van der Waals surface area contributed by atoms with Crippen LogP contribution < -0.4 is 0 Å². The molecular weight excluding hydrogens is 270 g/mol. The van der Waals surface area contributed by atoms with Crippen LogP contribution in [0, 0.1) is 18.3 Å². The molecule has 3 heteroatoms. The molecular formula is C19H13N3. The number of aromatic amines is 1. The number of nitrogens with zero attached hydrogens (tertiary/aromatic N) is 2. The number of hydrogen-bond donors (Lipinski definition) is 1. The quantitative estimate of drug-likeness (QED) is 0.556. The number of benzene rings is 3. The largest absolute Gasteiger partial charge is 0.342 e. The molecule has 22 heavy (non-hydrogen) atoms. The number of fused-ring (bicyclic) bond motifs is 2. The Morgan fingerprint density at radius 2 is 1.73 bits per heavy atom. The van der Waals surface area contributed by atoms with E-state index in [0.29, 0.717) is 5.56 Å². The summed E-state index contributed by atoms with van der Waals surface area (Å²) in [6, 6.07) is 20.3. The van der Waals surface area contributed by atoms with Crippen LogP contribution in [-0.2, 0) is 0 Å². The van der Waals surface area contributed by atoms with E-state index < -0.39 is 0 Å². The van der Waals surface area contributed by atoms with Crippen LogP contribution in [0.5, 0.6) is 0 Å². The first kappa shape index (κ1) is 12.6. The fourth-order valence-corrected chi connectivity index (χ4v) is 3.00. The molecule has 0 saturated carbocycles. The average molecular weight is 283 g/mol. The Morgan fingerprint density at radius 3 is 2.55 bits per heavy atom. The minimum Gasteiger partial charge on any atom is -0.342 e. The fourth-order valence-electron chi connectivity index (χ4n) is 3.00. The predicted molar refractivity (Wildman–Crippen MR) is 88.5 cm³/mol. The Hall–Kier alpha value is -3.12. The summed E-state index contributed by atoms with van der Waals surface area (Å²) in [4.78, 5) is 7.89. The summed E-state index contributed by atoms with van der Waals surface area (Å²) >= 11 is 0. The van der Waals surface area contributed by atoms with Crippen molar-refractivity contribution >= 4 is 21.8 Å². The normalized spacial score (nSPS) is 10.9. The topological polar surface area (TPSA) is 52.5 Å². The molecule has 0 unspecified atom stereocenters. The molecule has 1 heterocycles. The van der Waals surface area contributed by atoms with Crippen LogP contribution in [0.2, 0.25) is 0 Å². The van der Waals surface area contributed by atoms with Crippen molar-refractivity contribution in [2.75, 3.05) is 0 Å². The number of rotatable bonds is 1. The molecule has 104 valence electrons. The Bertz CT molecular complexity index is 1050. The minimum atomic E-state index is 0.699. The van der Waals surface area contributed by atoms with E-state index in [2.05, 4.69) is 28.2 Å². The van der Waals surface area contributed by atoms with Gasteiger partial charge in [0, 0.05) is 10.9 Å². The zero-order valence-electron chi connectivity index (χ0n) is 12.1. The van der Waals surface area contributed by atoms with Gasteiger partial charge in [-0.2, -0.15) is 5.26 Å². The van der Waals surface area contributed by atoms with Gasteiger partial charge in [-0.05, 0) is 30.0 Å². The van der Waals surface area contributed by atoms with Crippen LogP contribution in [-0.4, -0.2) is 9.97 Å². The Labute approximate surface area is 127 Å². The minimum absolute atomic E-state index is 0.699. The molecule has 0 saturated heterocycles. The smallest absolute Gasteiger partial charge is 0.104 e. The highest BCUT2D eigenvalue weighted by atomic mass is 14.9. The summed E-state index contributed by atoms with van der Waals surface area (Å²) in [5.41, 5.74) is 4.89. The summed E-state index contributed by atoms with van der Waals surface area (Å²) in [6.45, 7) is 1.96. The van der Waals surface area contributed by atoms with Crippen molar-refractivity contribution in [3.05, 3.63) is 66.0 Å². The molecule has 3 nitrogen and oxygen atoms in total. The Balaban J connectivity index is 2.12. The zero-order valence-corrected chi connectivity index (χ0v) is 12.1. The first-order valence-corrected chi connectivity index (χ1v) is 7.15. The fraction of sp³-hybridized carbons (Fsp3) is 0.0526. The first-order valence-electron chi connectivity index (χ1n) is 7.15. The third-order valence-corrected chi connectivity index (χ3v) is 3.97. The molecule has 0 spiro atoms. The number of nitrogens with one attached hydrogen (secondary N) is 1. The van der Waals surface area contributed by atoms with Gasteiger partial charge in [0.2, 0.25) is 0 Å². The van der Waals surface area contributed by atoms with E-state index in [9.17, 15) is 5.26 Å². The highest BCUT2D eigenvalue weighted by molar-refractivity contribution is 6.05. The number of aryl methyl sites for hydroxylation is 1. The molecule has 0 radical (unpaired) electrons. The molecule has 0 aliphatic heterocycles. The summed E-state index contributed by atoms with van der Waals surface area (Å²) in [5.74, 6) is 0.903. The average Bonchev–Trinajstić information content (AvgIpc) is 2.94. The monoisotopic (exact) mass is 283 g/mol. The number of aromatic nitrogens is 2. The van der Waals surface area contributed by atoms with Crippen LogP contribution in [0.3, 0.4) is 0 Å². The van der Waals surface area contributed by atoms with Gasteiger partial charge in [-0.3, -0.25) is 0 Å². The SMILES string of the molecule is Cc1nc2c(-c3ccc(C#N)c4ccccc34)cccc2[nH]1. The lowest BCUT2D eigenvalue weighted by Crippen LogP contribution is -1.86. The summed E-state index contributed by atoms with van der Waals surface area (Å²) < 4.78 is 0. The van der Waals surface area contributed by atoms with Crippen LogP contribution in [0.15, 0.2) is 54.6 Å². The van der Waals surface area contributed by atoms with Gasteiger partial charge in [-0.25, -0.2) is 4.98 Å². The van der Waals surface area contributed by atoms with E-state index in [0.717, 1.165) is 38.8 Å². The van der Waals surface area contributed by atoms with Crippen molar-refractivity contribution in [3.8, 4) is 17.2 Å². The molecule has 4 rings (SSSR count). The molecule has 0 atom stereocenters. The van der Waals surface area contributed by atoms with E-state index in [1.165, 1.54) is 0 Å². The number of nitriles is 1. The number of para-hydroxylation sites is 1. The van der Waals surface area contributed by atoms with Crippen LogP contribution in [0.4, 0.5) is 0 Å². The van der Waals surface area contributed by atoms with E-state index in [-0.39, 0.29) is 0 Å². The van der Waals surface area contributed by atoms with Crippen molar-refractivity contribution in [2.24, 2.45) is 0 Å². The van der Waals surface area contributed by atoms with Crippen LogP contribution >= 0.6 is 0 Å². The number of imidazole rings is 1. The molecule has 4 aromatic rings. The molecule has 0 aliphatic rings. The molecule has 0 fully saturated rings. The van der Waals surface area contributed by atoms with Gasteiger partial charge >= 0.3 is 0 Å². The summed E-state index contributed by atoms with van der Waals surface area (Å²) in [5, 5.41) is 11.4. The van der Waals surface area contributed by atoms with Crippen molar-refractivity contribution in [2.45, 2.75) is 6.92 Å². The maximum atomic E-state index is 9.30. The lowest BCUT2D eigenvalue weighted by atomic mass is 9.95. The number of hydrogen-bond acceptors (Lipinski definition) is 2. The molecule has 1 aromatic heterocycles. The maximum Gasteiger partial charge on any atom is 0.104 e. The van der Waals surface area contributed by atoms with Crippen molar-refractivity contribution in [1.29, 1.82) is 5.26 Å². The molecule has 0 amide bonds. The maximum absolute atomic E-state index is 9.30. The second-order valence-electron chi connectivity index (χ2n) is 5.34. The van der Waals surface area contributed by atoms with Gasteiger partial charge in [0.05, 0.1) is 22.7 Å². The highest BCUT2D eigenvalue weighted by Crippen LogP contribution is 2.34. The summed E-state index contributed by atoms with van der Waals surface area (Å²) in [6.07, 6.45) is 0. The third kappa shape index (κ3) is 1.78. The lowest BCUT2D eigenvalue weighted by Gasteiger charge is -2.09. The van der Waals surface area contributed by atoms with Crippen LogP contribution in [0.1, 0.15) is 11.4 Å². The second-order valence-corrected chi connectivity index (χ2v) is 5.34. The summed E-state index contributed by atoms with van der Waals surface area (Å²) in [7, 11) is 0. The van der Waals surface area contributed by atoms with Gasteiger partial charge in [0.25, 0.3) is 0 Å². The number of H-pyrrole nitrogens is 1. The standard InChI is InChI=1S/C19H13N3/c1-12-21-18-8-4-7-17(19(18)22-12)16-10-9-13(11-20)14-5-2-3-6-15(14)16/h2-10H,1H3,(H,21,22). The lowest BCUT2D eigenvalue weighted by molar-refractivity contribution is 1.17. The predicted octanol–water partition coefficient (Wildman–Crippen LogP) is 4.56. The van der Waals surface area contributed by atoms with Gasteiger partial charge in [0.15, 0.2) is 0 Å². The van der Waals surface area contributed by atoms with Crippen molar-refractivity contribution < 1.29 is 0 Å². The van der Waals surface area contributed by atoms with E-state index in [4.69, 9.17) is 0 Å². The van der Waals surface area contributed by atoms with E-state index >= 15 is 0 Å². The molecule has 0 bridgehead atoms. The first-order chi connectivity index (χ1) is 10.8. The van der Waals surface area contributed by atoms with Gasteiger partial charge in [-0.15, -0.1) is 0 Å². The molecule has 1 N–H and O–H groups in total. The third-order valence-electron chi connectivity index (χ3n) is 3.97. The van der Waals surface area contributed by atoms with Crippen molar-refractivity contribution in [1.82, 2.24) is 9.97 Å². The Morgan fingerprint density at radius 1 is 0.909 bits per heavy atom. The van der Waals surface area contributed by atoms with Gasteiger partial charge in [0.1, 0.15) is 5.82 Å². The Kier molecular flexibility index (Phi) is 2.70. The van der Waals surface area contributed by atoms with Gasteiger partial charge in [-0.1, -0.05) is 42.5 Å².